The molecule has 150 valence electrons. The first-order valence-corrected chi connectivity index (χ1v) is 10.1. The number of sulfonamides is 1. The topological polar surface area (TPSA) is 93.7 Å². The van der Waals surface area contributed by atoms with Crippen molar-refractivity contribution in [3.8, 4) is 11.5 Å². The van der Waals surface area contributed by atoms with Gasteiger partial charge in [-0.1, -0.05) is 12.1 Å². The van der Waals surface area contributed by atoms with Gasteiger partial charge in [0.1, 0.15) is 11.5 Å². The minimum atomic E-state index is -3.79. The van der Waals surface area contributed by atoms with Crippen molar-refractivity contribution in [2.45, 2.75) is 4.90 Å². The number of carbonyl (C=O) groups excluding carboxylic acids is 1. The fraction of sp³-hybridized carbons (Fsp3) is 0.0952. The predicted molar refractivity (Wildman–Crippen MR) is 111 cm³/mol. The van der Waals surface area contributed by atoms with E-state index in [2.05, 4.69) is 10.0 Å². The van der Waals surface area contributed by atoms with Crippen LogP contribution in [-0.4, -0.2) is 28.5 Å². The van der Waals surface area contributed by atoms with Crippen LogP contribution in [0.4, 0.5) is 11.4 Å². The van der Waals surface area contributed by atoms with E-state index in [0.717, 1.165) is 0 Å². The van der Waals surface area contributed by atoms with Gasteiger partial charge < -0.3 is 14.8 Å². The third-order valence-electron chi connectivity index (χ3n) is 4.12. The van der Waals surface area contributed by atoms with Gasteiger partial charge in [0, 0.05) is 11.3 Å². The Hall–Kier alpha value is -3.52. The summed E-state index contributed by atoms with van der Waals surface area (Å²) in [7, 11) is -0.741. The summed E-state index contributed by atoms with van der Waals surface area (Å²) in [5.74, 6) is 0.781. The smallest absolute Gasteiger partial charge is 0.261 e. The number of carbonyl (C=O) groups is 1. The SMILES string of the molecule is COc1ccc(NS(=O)(=O)c2ccc(C(=O)Nc3ccccc3OC)cc2)cc1. The summed E-state index contributed by atoms with van der Waals surface area (Å²) in [6.07, 6.45) is 0. The minimum absolute atomic E-state index is 0.0437. The van der Waals surface area contributed by atoms with Crippen molar-refractivity contribution in [1.82, 2.24) is 0 Å². The Balaban J connectivity index is 1.73. The second-order valence-corrected chi connectivity index (χ2v) is 7.70. The molecule has 7 nitrogen and oxygen atoms in total. The number of amides is 1. The van der Waals surface area contributed by atoms with Crippen molar-refractivity contribution in [3.63, 3.8) is 0 Å². The number of hydrogen-bond donors (Lipinski definition) is 2. The number of methoxy groups -OCH3 is 2. The average molecular weight is 412 g/mol. The van der Waals surface area contributed by atoms with Crippen LogP contribution in [0, 0.1) is 0 Å². The van der Waals surface area contributed by atoms with Gasteiger partial charge in [-0.05, 0) is 60.7 Å². The van der Waals surface area contributed by atoms with Gasteiger partial charge in [0.05, 0.1) is 24.8 Å². The summed E-state index contributed by atoms with van der Waals surface area (Å²) in [6, 6.07) is 19.2. The van der Waals surface area contributed by atoms with Gasteiger partial charge in [0.2, 0.25) is 0 Å². The Morgan fingerprint density at radius 2 is 1.48 bits per heavy atom. The quantitative estimate of drug-likeness (QED) is 0.616. The molecule has 29 heavy (non-hydrogen) atoms. The molecule has 0 fully saturated rings. The maximum Gasteiger partial charge on any atom is 0.261 e. The van der Waals surface area contributed by atoms with E-state index in [4.69, 9.17) is 9.47 Å². The molecule has 0 unspecified atom stereocenters. The van der Waals surface area contributed by atoms with Crippen LogP contribution in [0.2, 0.25) is 0 Å². The fourth-order valence-electron chi connectivity index (χ4n) is 2.60. The van der Waals surface area contributed by atoms with Crippen LogP contribution in [0.15, 0.2) is 77.7 Å². The first kappa shape index (κ1) is 20.2. The molecule has 0 aromatic heterocycles. The monoisotopic (exact) mass is 412 g/mol. The van der Waals surface area contributed by atoms with Crippen molar-refractivity contribution in [2.24, 2.45) is 0 Å². The largest absolute Gasteiger partial charge is 0.497 e. The summed E-state index contributed by atoms with van der Waals surface area (Å²) in [5.41, 5.74) is 1.25. The molecular formula is C21H20N2O5S. The highest BCUT2D eigenvalue weighted by Gasteiger charge is 2.16. The van der Waals surface area contributed by atoms with E-state index in [1.54, 1.807) is 48.5 Å². The molecule has 0 aliphatic carbocycles. The van der Waals surface area contributed by atoms with E-state index in [9.17, 15) is 13.2 Å². The molecular weight excluding hydrogens is 392 g/mol. The van der Waals surface area contributed by atoms with Gasteiger partial charge in [-0.25, -0.2) is 8.42 Å². The second-order valence-electron chi connectivity index (χ2n) is 6.01. The highest BCUT2D eigenvalue weighted by atomic mass is 32.2. The van der Waals surface area contributed by atoms with Gasteiger partial charge in [-0.3, -0.25) is 9.52 Å². The van der Waals surface area contributed by atoms with Crippen molar-refractivity contribution in [3.05, 3.63) is 78.4 Å². The molecule has 3 aromatic rings. The first-order valence-electron chi connectivity index (χ1n) is 8.64. The molecule has 3 aromatic carbocycles. The van der Waals surface area contributed by atoms with Crippen molar-refractivity contribution >= 4 is 27.3 Å². The number of rotatable bonds is 7. The Morgan fingerprint density at radius 1 is 0.828 bits per heavy atom. The predicted octanol–water partition coefficient (Wildman–Crippen LogP) is 3.76. The lowest BCUT2D eigenvalue weighted by atomic mass is 10.2. The van der Waals surface area contributed by atoms with Gasteiger partial charge in [-0.2, -0.15) is 0 Å². The molecule has 0 saturated heterocycles. The number of benzene rings is 3. The number of ether oxygens (including phenoxy) is 2. The fourth-order valence-corrected chi connectivity index (χ4v) is 3.66. The van der Waals surface area contributed by atoms with Crippen LogP contribution in [0.1, 0.15) is 10.4 Å². The molecule has 2 N–H and O–H groups in total. The zero-order valence-electron chi connectivity index (χ0n) is 15.9. The van der Waals surface area contributed by atoms with Crippen LogP contribution in [0.3, 0.4) is 0 Å². The Labute approximate surface area is 169 Å². The minimum Gasteiger partial charge on any atom is -0.497 e. The van der Waals surface area contributed by atoms with Crippen LogP contribution in [0.25, 0.3) is 0 Å². The Bertz CT molecular complexity index is 1090. The molecule has 0 bridgehead atoms. The normalized spacial score (nSPS) is 10.8. The molecule has 0 aliphatic heterocycles. The third-order valence-corrected chi connectivity index (χ3v) is 5.52. The second kappa shape index (κ2) is 8.66. The Morgan fingerprint density at radius 3 is 2.10 bits per heavy atom. The highest BCUT2D eigenvalue weighted by molar-refractivity contribution is 7.92. The van der Waals surface area contributed by atoms with Crippen molar-refractivity contribution < 1.29 is 22.7 Å². The third kappa shape index (κ3) is 4.85. The molecule has 0 aliphatic rings. The van der Waals surface area contributed by atoms with Crippen LogP contribution < -0.4 is 19.5 Å². The zero-order valence-corrected chi connectivity index (χ0v) is 16.7. The van der Waals surface area contributed by atoms with Crippen molar-refractivity contribution in [2.75, 3.05) is 24.3 Å². The molecule has 0 spiro atoms. The maximum atomic E-state index is 12.6. The number of para-hydroxylation sites is 2. The molecule has 0 saturated carbocycles. The summed E-state index contributed by atoms with van der Waals surface area (Å²) < 4.78 is 37.9. The number of nitrogens with one attached hydrogen (secondary N) is 2. The lowest BCUT2D eigenvalue weighted by molar-refractivity contribution is 0.102. The van der Waals surface area contributed by atoms with E-state index in [0.29, 0.717) is 28.4 Å². The van der Waals surface area contributed by atoms with E-state index in [-0.39, 0.29) is 10.8 Å². The molecule has 8 heteroatoms. The lowest BCUT2D eigenvalue weighted by Gasteiger charge is -2.11. The maximum absolute atomic E-state index is 12.6. The standard InChI is InChI=1S/C21H20N2O5S/c1-27-17-11-9-16(10-12-17)23-29(25,26)18-13-7-15(8-14-18)21(24)22-19-5-3-4-6-20(19)28-2/h3-14,23H,1-2H3,(H,22,24). The Kier molecular flexibility index (Phi) is 6.04. The summed E-state index contributed by atoms with van der Waals surface area (Å²) >= 11 is 0. The van der Waals surface area contributed by atoms with Gasteiger partial charge >= 0.3 is 0 Å². The average Bonchev–Trinajstić information content (AvgIpc) is 2.74. The van der Waals surface area contributed by atoms with E-state index >= 15 is 0 Å². The number of anilines is 2. The van der Waals surface area contributed by atoms with Gasteiger partial charge in [0.25, 0.3) is 15.9 Å². The van der Waals surface area contributed by atoms with E-state index in [1.807, 2.05) is 0 Å². The molecule has 0 radical (unpaired) electrons. The van der Waals surface area contributed by atoms with Crippen molar-refractivity contribution in [1.29, 1.82) is 0 Å². The zero-order chi connectivity index (χ0) is 20.9. The van der Waals surface area contributed by atoms with Crippen LogP contribution in [-0.2, 0) is 10.0 Å². The lowest BCUT2D eigenvalue weighted by Crippen LogP contribution is -2.15. The highest BCUT2D eigenvalue weighted by Crippen LogP contribution is 2.24. The van der Waals surface area contributed by atoms with E-state index < -0.39 is 10.0 Å². The summed E-state index contributed by atoms with van der Waals surface area (Å²) in [6.45, 7) is 0. The van der Waals surface area contributed by atoms with Gasteiger partial charge in [0.15, 0.2) is 0 Å². The molecule has 1 amide bonds. The van der Waals surface area contributed by atoms with Gasteiger partial charge in [-0.15, -0.1) is 0 Å². The molecule has 3 rings (SSSR count). The van der Waals surface area contributed by atoms with Crippen LogP contribution in [0.5, 0.6) is 11.5 Å². The number of hydrogen-bond acceptors (Lipinski definition) is 5. The van der Waals surface area contributed by atoms with Crippen LogP contribution >= 0.6 is 0 Å². The molecule has 0 atom stereocenters. The summed E-state index contributed by atoms with van der Waals surface area (Å²) in [4.78, 5) is 12.5. The summed E-state index contributed by atoms with van der Waals surface area (Å²) in [5, 5.41) is 2.75. The molecule has 0 heterocycles. The first-order chi connectivity index (χ1) is 13.9. The van der Waals surface area contributed by atoms with E-state index in [1.165, 1.54) is 38.5 Å².